The van der Waals surface area contributed by atoms with Crippen molar-refractivity contribution in [1.29, 1.82) is 0 Å². The smallest absolute Gasteiger partial charge is 0.338 e. The molecule has 1 aliphatic carbocycles. The van der Waals surface area contributed by atoms with Crippen molar-refractivity contribution in [3.8, 4) is 0 Å². The fraction of sp³-hybridized carbons (Fsp3) is 0.304. The first-order chi connectivity index (χ1) is 13.9. The minimum atomic E-state index is -0.893. The molecule has 4 atom stereocenters. The highest BCUT2D eigenvalue weighted by Crippen LogP contribution is 2.37. The van der Waals surface area contributed by atoms with E-state index in [4.69, 9.17) is 18.9 Å². The third-order valence-electron chi connectivity index (χ3n) is 4.81. The summed E-state index contributed by atoms with van der Waals surface area (Å²) in [6, 6.07) is 17.5. The highest BCUT2D eigenvalue weighted by atomic mass is 16.8. The largest absolute Gasteiger partial charge is 0.452 e. The molecular formula is C23H22O6. The molecule has 0 amide bonds. The molecule has 0 saturated carbocycles. The Balaban J connectivity index is 1.52. The van der Waals surface area contributed by atoms with Gasteiger partial charge in [-0.05, 0) is 50.3 Å². The minimum absolute atomic E-state index is 0.452. The third-order valence-corrected chi connectivity index (χ3v) is 4.81. The maximum Gasteiger partial charge on any atom is 0.338 e. The number of carbonyl (C=O) groups excluding carboxylic acids is 2. The Hall–Kier alpha value is -2.96. The minimum Gasteiger partial charge on any atom is -0.452 e. The number of rotatable bonds is 4. The lowest BCUT2D eigenvalue weighted by molar-refractivity contribution is -0.156. The molecule has 1 heterocycles. The first-order valence-corrected chi connectivity index (χ1v) is 9.49. The molecule has 0 unspecified atom stereocenters. The second-order valence-electron chi connectivity index (χ2n) is 7.42. The number of fused-ring (bicyclic) bond motifs is 1. The van der Waals surface area contributed by atoms with Crippen molar-refractivity contribution in [2.75, 3.05) is 0 Å². The summed E-state index contributed by atoms with van der Waals surface area (Å²) in [5.41, 5.74) is 0.904. The highest BCUT2D eigenvalue weighted by molar-refractivity contribution is 5.90. The van der Waals surface area contributed by atoms with Crippen molar-refractivity contribution < 1.29 is 28.5 Å². The van der Waals surface area contributed by atoms with E-state index in [-0.39, 0.29) is 0 Å². The number of esters is 2. The molecule has 1 saturated heterocycles. The van der Waals surface area contributed by atoms with Crippen LogP contribution in [0.15, 0.2) is 72.8 Å². The van der Waals surface area contributed by atoms with E-state index >= 15 is 0 Å². The lowest BCUT2D eigenvalue weighted by atomic mass is 9.96. The van der Waals surface area contributed by atoms with Gasteiger partial charge in [0.25, 0.3) is 0 Å². The van der Waals surface area contributed by atoms with Crippen molar-refractivity contribution >= 4 is 11.9 Å². The molecule has 2 aliphatic rings. The van der Waals surface area contributed by atoms with Gasteiger partial charge in [-0.25, -0.2) is 9.59 Å². The molecule has 2 aromatic rings. The van der Waals surface area contributed by atoms with Crippen LogP contribution in [0.1, 0.15) is 34.6 Å². The Morgan fingerprint density at radius 3 is 1.48 bits per heavy atom. The van der Waals surface area contributed by atoms with Crippen LogP contribution in [0.4, 0.5) is 0 Å². The van der Waals surface area contributed by atoms with Crippen LogP contribution in [-0.4, -0.2) is 42.1 Å². The van der Waals surface area contributed by atoms with Gasteiger partial charge in [0.05, 0.1) is 11.1 Å². The summed E-state index contributed by atoms with van der Waals surface area (Å²) < 4.78 is 23.3. The van der Waals surface area contributed by atoms with Gasteiger partial charge in [0.1, 0.15) is 24.4 Å². The number of benzene rings is 2. The van der Waals surface area contributed by atoms with Crippen LogP contribution in [0, 0.1) is 0 Å². The number of ether oxygens (including phenoxy) is 4. The van der Waals surface area contributed by atoms with Gasteiger partial charge in [0, 0.05) is 0 Å². The molecule has 2 aromatic carbocycles. The summed E-state index contributed by atoms with van der Waals surface area (Å²) in [4.78, 5) is 24.9. The molecule has 0 bridgehead atoms. The number of hydrogen-bond acceptors (Lipinski definition) is 6. The molecule has 4 rings (SSSR count). The standard InChI is InChI=1S/C23H22O6/c1-23(2)28-19-17(26-21(24)15-9-5-3-6-10-15)13-14-18(20(19)29-23)27-22(25)16-11-7-4-8-12-16/h3-14,17-20H,1-2H3/t17-,18-,19+,20+/m0/s1. The van der Waals surface area contributed by atoms with Gasteiger partial charge in [-0.3, -0.25) is 0 Å². The van der Waals surface area contributed by atoms with Gasteiger partial charge in [-0.2, -0.15) is 0 Å². The van der Waals surface area contributed by atoms with E-state index < -0.39 is 42.1 Å². The van der Waals surface area contributed by atoms with Crippen LogP contribution in [0.25, 0.3) is 0 Å². The molecule has 0 aromatic heterocycles. The normalized spacial score (nSPS) is 27.1. The molecular weight excluding hydrogens is 372 g/mol. The zero-order valence-electron chi connectivity index (χ0n) is 16.2. The first kappa shape index (κ1) is 19.4. The Kier molecular flexibility index (Phi) is 5.22. The van der Waals surface area contributed by atoms with Gasteiger partial charge in [0.2, 0.25) is 0 Å². The third kappa shape index (κ3) is 4.23. The van der Waals surface area contributed by atoms with E-state index in [2.05, 4.69) is 0 Å². The topological polar surface area (TPSA) is 71.1 Å². The predicted octanol–water partition coefficient (Wildman–Crippen LogP) is 3.53. The molecule has 1 aliphatic heterocycles. The van der Waals surface area contributed by atoms with E-state index in [1.807, 2.05) is 12.1 Å². The lowest BCUT2D eigenvalue weighted by Crippen LogP contribution is -2.47. The maximum atomic E-state index is 12.5. The van der Waals surface area contributed by atoms with E-state index in [0.29, 0.717) is 11.1 Å². The van der Waals surface area contributed by atoms with Crippen LogP contribution in [0.3, 0.4) is 0 Å². The van der Waals surface area contributed by atoms with E-state index in [0.717, 1.165) is 0 Å². The summed E-state index contributed by atoms with van der Waals surface area (Å²) in [5.74, 6) is -1.80. The van der Waals surface area contributed by atoms with Gasteiger partial charge in [-0.15, -0.1) is 0 Å². The molecule has 6 heteroatoms. The molecule has 1 fully saturated rings. The quantitative estimate of drug-likeness (QED) is 0.584. The lowest BCUT2D eigenvalue weighted by Gasteiger charge is -2.31. The fourth-order valence-corrected chi connectivity index (χ4v) is 3.51. The van der Waals surface area contributed by atoms with Crippen LogP contribution < -0.4 is 0 Å². The Bertz CT molecular complexity index is 832. The van der Waals surface area contributed by atoms with Crippen molar-refractivity contribution in [2.24, 2.45) is 0 Å². The average Bonchev–Trinajstić information content (AvgIpc) is 3.07. The molecule has 150 valence electrons. The van der Waals surface area contributed by atoms with Gasteiger partial charge < -0.3 is 18.9 Å². The fourth-order valence-electron chi connectivity index (χ4n) is 3.51. The van der Waals surface area contributed by atoms with Crippen LogP contribution in [0.5, 0.6) is 0 Å². The summed E-state index contributed by atoms with van der Waals surface area (Å²) in [7, 11) is 0. The van der Waals surface area contributed by atoms with Crippen LogP contribution >= 0.6 is 0 Å². The number of hydrogen-bond donors (Lipinski definition) is 0. The van der Waals surface area contributed by atoms with Crippen molar-refractivity contribution in [2.45, 2.75) is 44.1 Å². The predicted molar refractivity (Wildman–Crippen MR) is 104 cm³/mol. The summed E-state index contributed by atoms with van der Waals surface area (Å²) >= 11 is 0. The van der Waals surface area contributed by atoms with Crippen molar-refractivity contribution in [3.05, 3.63) is 83.9 Å². The van der Waals surface area contributed by atoms with Crippen LogP contribution in [0.2, 0.25) is 0 Å². The Labute approximate surface area is 169 Å². The SMILES string of the molecule is CC1(C)O[C@H]2[C@H](O1)[C@@H](OC(=O)c1ccccc1)C=C[C@@H]2OC(=O)c1ccccc1. The van der Waals surface area contributed by atoms with Gasteiger partial charge >= 0.3 is 11.9 Å². The van der Waals surface area contributed by atoms with Crippen LogP contribution in [-0.2, 0) is 18.9 Å². The van der Waals surface area contributed by atoms with Gasteiger partial charge in [0.15, 0.2) is 5.79 Å². The zero-order chi connectivity index (χ0) is 20.4. The summed E-state index contributed by atoms with van der Waals surface area (Å²) in [6.07, 6.45) is 0.903. The van der Waals surface area contributed by atoms with E-state index in [1.54, 1.807) is 74.5 Å². The van der Waals surface area contributed by atoms with Crippen molar-refractivity contribution in [3.63, 3.8) is 0 Å². The molecule has 29 heavy (non-hydrogen) atoms. The maximum absolute atomic E-state index is 12.5. The molecule has 0 N–H and O–H groups in total. The summed E-state index contributed by atoms with van der Waals surface area (Å²) in [6.45, 7) is 3.55. The van der Waals surface area contributed by atoms with E-state index in [1.165, 1.54) is 0 Å². The van der Waals surface area contributed by atoms with Crippen molar-refractivity contribution in [1.82, 2.24) is 0 Å². The first-order valence-electron chi connectivity index (χ1n) is 9.49. The molecule has 0 radical (unpaired) electrons. The Morgan fingerprint density at radius 1 is 0.724 bits per heavy atom. The van der Waals surface area contributed by atoms with Gasteiger partial charge in [-0.1, -0.05) is 36.4 Å². The summed E-state index contributed by atoms with van der Waals surface area (Å²) in [5, 5.41) is 0. The monoisotopic (exact) mass is 394 g/mol. The average molecular weight is 394 g/mol. The van der Waals surface area contributed by atoms with E-state index in [9.17, 15) is 9.59 Å². The second-order valence-corrected chi connectivity index (χ2v) is 7.42. The zero-order valence-corrected chi connectivity index (χ0v) is 16.2. The molecule has 6 nitrogen and oxygen atoms in total. The highest BCUT2D eigenvalue weighted by Gasteiger charge is 2.52. The molecule has 0 spiro atoms. The Morgan fingerprint density at radius 2 is 1.10 bits per heavy atom. The number of carbonyl (C=O) groups is 2. The second kappa shape index (κ2) is 7.81.